The fourth-order valence-electron chi connectivity index (χ4n) is 3.65. The number of benzene rings is 1. The molecule has 3 aromatic rings. The molecule has 0 unspecified atom stereocenters. The second-order valence-corrected chi connectivity index (χ2v) is 9.85. The van der Waals surface area contributed by atoms with Crippen molar-refractivity contribution in [2.24, 2.45) is 0 Å². The van der Waals surface area contributed by atoms with Crippen molar-refractivity contribution < 1.29 is 17.2 Å². The van der Waals surface area contributed by atoms with Gasteiger partial charge in [-0.25, -0.2) is 32.2 Å². The highest BCUT2D eigenvalue weighted by Crippen LogP contribution is 2.22. The summed E-state index contributed by atoms with van der Waals surface area (Å²) in [6.07, 6.45) is 1.71. The van der Waals surface area contributed by atoms with Crippen LogP contribution in [0, 0.1) is 25.5 Å². The molecule has 174 valence electrons. The largest absolute Gasteiger partial charge is 0.354 e. The van der Waals surface area contributed by atoms with Crippen LogP contribution in [0.2, 0.25) is 0 Å². The molecule has 1 aromatic carbocycles. The van der Waals surface area contributed by atoms with Crippen molar-refractivity contribution in [1.29, 1.82) is 0 Å². The molecule has 1 aliphatic rings. The predicted molar refractivity (Wildman–Crippen MR) is 122 cm³/mol. The third kappa shape index (κ3) is 5.60. The number of anilines is 3. The van der Waals surface area contributed by atoms with E-state index in [1.165, 1.54) is 4.31 Å². The Kier molecular flexibility index (Phi) is 6.52. The molecule has 0 bridgehead atoms. The minimum absolute atomic E-state index is 0.177. The van der Waals surface area contributed by atoms with Crippen LogP contribution in [0.3, 0.4) is 0 Å². The van der Waals surface area contributed by atoms with Crippen molar-refractivity contribution in [2.75, 3.05) is 36.4 Å². The summed E-state index contributed by atoms with van der Waals surface area (Å²) in [6, 6.07) is 8.42. The van der Waals surface area contributed by atoms with Crippen molar-refractivity contribution in [3.8, 4) is 0 Å². The maximum absolute atomic E-state index is 13.9. The first-order valence-corrected chi connectivity index (χ1v) is 12.0. The molecular formula is C22H24F2N6O2S. The van der Waals surface area contributed by atoms with Crippen LogP contribution < -0.4 is 10.2 Å². The minimum Gasteiger partial charge on any atom is -0.354 e. The van der Waals surface area contributed by atoms with E-state index in [4.69, 9.17) is 0 Å². The van der Waals surface area contributed by atoms with Gasteiger partial charge < -0.3 is 10.2 Å². The minimum atomic E-state index is -3.80. The fourth-order valence-corrected chi connectivity index (χ4v) is 5.17. The van der Waals surface area contributed by atoms with Crippen LogP contribution in [0.4, 0.5) is 26.2 Å². The number of rotatable bonds is 6. The van der Waals surface area contributed by atoms with E-state index in [0.29, 0.717) is 36.4 Å². The topological polar surface area (TPSA) is 91.3 Å². The van der Waals surface area contributed by atoms with Crippen molar-refractivity contribution >= 4 is 27.5 Å². The zero-order valence-corrected chi connectivity index (χ0v) is 19.1. The summed E-state index contributed by atoms with van der Waals surface area (Å²) >= 11 is 0. The number of hydrogen-bond donors (Lipinski definition) is 1. The monoisotopic (exact) mass is 474 g/mol. The first kappa shape index (κ1) is 23.0. The van der Waals surface area contributed by atoms with Gasteiger partial charge in [-0.15, -0.1) is 0 Å². The summed E-state index contributed by atoms with van der Waals surface area (Å²) in [5.41, 5.74) is 0.887. The number of sulfonamides is 1. The number of pyridine rings is 1. The number of aromatic nitrogens is 3. The Bertz CT molecular complexity index is 1260. The van der Waals surface area contributed by atoms with Gasteiger partial charge in [0.2, 0.25) is 10.0 Å². The number of aryl methyl sites for hydroxylation is 2. The molecule has 33 heavy (non-hydrogen) atoms. The van der Waals surface area contributed by atoms with Crippen molar-refractivity contribution in [3.63, 3.8) is 0 Å². The molecule has 4 rings (SSSR count). The molecule has 8 nitrogen and oxygen atoms in total. The maximum Gasteiger partial charge on any atom is 0.218 e. The maximum atomic E-state index is 13.9. The molecule has 1 aliphatic heterocycles. The van der Waals surface area contributed by atoms with Crippen molar-refractivity contribution in [3.05, 3.63) is 71.2 Å². The number of nitrogens with one attached hydrogen (secondary N) is 1. The highest BCUT2D eigenvalue weighted by atomic mass is 32.2. The SMILES string of the molecule is Cc1ccnc(Nc2cc(N3CCN(S(=O)(=O)Cc4cc(F)ccc4F)CC3)nc(C)n2)c1. The van der Waals surface area contributed by atoms with Gasteiger partial charge in [-0.2, -0.15) is 4.31 Å². The summed E-state index contributed by atoms with van der Waals surface area (Å²) in [6.45, 7) is 4.99. The fraction of sp³-hybridized carbons (Fsp3) is 0.318. The molecule has 1 fully saturated rings. The van der Waals surface area contributed by atoms with Crippen LogP contribution in [0.25, 0.3) is 0 Å². The van der Waals surface area contributed by atoms with Gasteiger partial charge in [-0.1, -0.05) is 0 Å². The Morgan fingerprint density at radius 3 is 2.45 bits per heavy atom. The molecule has 0 spiro atoms. The normalized spacial score (nSPS) is 15.0. The molecule has 0 aliphatic carbocycles. The van der Waals surface area contributed by atoms with Gasteiger partial charge in [0, 0.05) is 44.0 Å². The molecule has 3 heterocycles. The summed E-state index contributed by atoms with van der Waals surface area (Å²) < 4.78 is 54.2. The average Bonchev–Trinajstić information content (AvgIpc) is 2.76. The third-order valence-corrected chi connectivity index (χ3v) is 7.13. The molecular weight excluding hydrogens is 450 g/mol. The lowest BCUT2D eigenvalue weighted by Gasteiger charge is -2.34. The van der Waals surface area contributed by atoms with E-state index in [9.17, 15) is 17.2 Å². The Labute approximate surface area is 191 Å². The van der Waals surface area contributed by atoms with Crippen LogP contribution in [0.1, 0.15) is 17.0 Å². The van der Waals surface area contributed by atoms with Crippen LogP contribution in [0.15, 0.2) is 42.6 Å². The number of hydrogen-bond acceptors (Lipinski definition) is 7. The molecule has 0 radical (unpaired) electrons. The molecule has 0 amide bonds. The van der Waals surface area contributed by atoms with E-state index in [0.717, 1.165) is 23.8 Å². The molecule has 0 atom stereocenters. The quantitative estimate of drug-likeness (QED) is 0.587. The smallest absolute Gasteiger partial charge is 0.218 e. The van der Waals surface area contributed by atoms with Crippen LogP contribution in [0.5, 0.6) is 0 Å². The van der Waals surface area contributed by atoms with E-state index >= 15 is 0 Å². The van der Waals surface area contributed by atoms with E-state index in [2.05, 4.69) is 20.3 Å². The Morgan fingerprint density at radius 1 is 0.970 bits per heavy atom. The zero-order chi connectivity index (χ0) is 23.6. The lowest BCUT2D eigenvalue weighted by molar-refractivity contribution is 0.382. The molecule has 1 N–H and O–H groups in total. The average molecular weight is 475 g/mol. The van der Waals surface area contributed by atoms with Crippen LogP contribution >= 0.6 is 0 Å². The zero-order valence-electron chi connectivity index (χ0n) is 18.3. The lowest BCUT2D eigenvalue weighted by atomic mass is 10.2. The number of halogens is 2. The summed E-state index contributed by atoms with van der Waals surface area (Å²) in [4.78, 5) is 15.1. The predicted octanol–water partition coefficient (Wildman–Crippen LogP) is 3.16. The molecule has 11 heteroatoms. The Hall–Kier alpha value is -3.18. The standard InChI is InChI=1S/C22H24F2N6O2S/c1-15-5-6-25-20(11-15)28-21-13-22(27-16(2)26-21)29-7-9-30(10-8-29)33(31,32)14-17-12-18(23)3-4-19(17)24/h3-6,11-13H,7-10,14H2,1-2H3,(H,25,26,27,28). The lowest BCUT2D eigenvalue weighted by Crippen LogP contribution is -2.49. The Morgan fingerprint density at radius 2 is 1.73 bits per heavy atom. The second kappa shape index (κ2) is 9.36. The van der Waals surface area contributed by atoms with Crippen molar-refractivity contribution in [2.45, 2.75) is 19.6 Å². The van der Waals surface area contributed by atoms with Gasteiger partial charge in [-0.3, -0.25) is 0 Å². The van der Waals surface area contributed by atoms with Gasteiger partial charge >= 0.3 is 0 Å². The van der Waals surface area contributed by atoms with Gasteiger partial charge in [-0.05, 0) is 49.7 Å². The van der Waals surface area contributed by atoms with Gasteiger partial charge in [0.05, 0.1) is 5.75 Å². The summed E-state index contributed by atoms with van der Waals surface area (Å²) in [5, 5.41) is 3.17. The van der Waals surface area contributed by atoms with Crippen LogP contribution in [-0.4, -0.2) is 53.9 Å². The van der Waals surface area contributed by atoms with Gasteiger partial charge in [0.15, 0.2) is 0 Å². The summed E-state index contributed by atoms with van der Waals surface area (Å²) in [7, 11) is -3.80. The summed E-state index contributed by atoms with van der Waals surface area (Å²) in [5.74, 6) is 0.506. The number of nitrogens with zero attached hydrogens (tertiary/aromatic N) is 5. The third-order valence-electron chi connectivity index (χ3n) is 5.30. The van der Waals surface area contributed by atoms with Crippen LogP contribution in [-0.2, 0) is 15.8 Å². The first-order valence-electron chi connectivity index (χ1n) is 10.4. The number of piperazine rings is 1. The van der Waals surface area contributed by atoms with E-state index in [1.807, 2.05) is 24.0 Å². The molecule has 0 saturated carbocycles. The Balaban J connectivity index is 1.44. The second-order valence-electron chi connectivity index (χ2n) is 7.88. The van der Waals surface area contributed by atoms with E-state index < -0.39 is 27.4 Å². The highest BCUT2D eigenvalue weighted by Gasteiger charge is 2.29. The first-order chi connectivity index (χ1) is 15.7. The molecule has 1 saturated heterocycles. The molecule has 2 aromatic heterocycles. The van der Waals surface area contributed by atoms with Gasteiger partial charge in [0.1, 0.15) is 34.9 Å². The van der Waals surface area contributed by atoms with Crippen molar-refractivity contribution in [1.82, 2.24) is 19.3 Å². The van der Waals surface area contributed by atoms with E-state index in [-0.39, 0.29) is 18.7 Å². The van der Waals surface area contributed by atoms with Gasteiger partial charge in [0.25, 0.3) is 0 Å². The highest BCUT2D eigenvalue weighted by molar-refractivity contribution is 7.88. The van der Waals surface area contributed by atoms with E-state index in [1.54, 1.807) is 19.2 Å².